The predicted molar refractivity (Wildman–Crippen MR) is 97.0 cm³/mol. The van der Waals surface area contributed by atoms with Crippen molar-refractivity contribution in [3.63, 3.8) is 0 Å². The molecular weight excluding hydrogens is 350 g/mol. The molecule has 0 saturated carbocycles. The molecule has 0 aliphatic heterocycles. The Morgan fingerprint density at radius 2 is 2.04 bits per heavy atom. The smallest absolute Gasteiger partial charge is 0.313 e. The molecule has 0 aliphatic carbocycles. The molecule has 142 valence electrons. The summed E-state index contributed by atoms with van der Waals surface area (Å²) in [5.41, 5.74) is 2.22. The van der Waals surface area contributed by atoms with Crippen LogP contribution in [-0.2, 0) is 16.0 Å². The van der Waals surface area contributed by atoms with E-state index in [0.29, 0.717) is 29.1 Å². The highest BCUT2D eigenvalue weighted by Crippen LogP contribution is 2.21. The van der Waals surface area contributed by atoms with Gasteiger partial charge in [-0.2, -0.15) is 10.4 Å². The summed E-state index contributed by atoms with van der Waals surface area (Å²) < 4.78 is 1.61. The Hall–Kier alpha value is -3.22. The van der Waals surface area contributed by atoms with E-state index in [4.69, 9.17) is 15.5 Å². The van der Waals surface area contributed by atoms with Gasteiger partial charge in [-0.15, -0.1) is 0 Å². The number of nitrogens with one attached hydrogen (secondary N) is 2. The average molecular weight is 371 g/mol. The predicted octanol–water partition coefficient (Wildman–Crippen LogP) is 0.104. The van der Waals surface area contributed by atoms with Gasteiger partial charge in [-0.25, -0.2) is 4.68 Å². The van der Waals surface area contributed by atoms with Crippen LogP contribution < -0.4 is 10.6 Å². The first-order valence-electron chi connectivity index (χ1n) is 8.45. The molecule has 1 aromatic carbocycles. The lowest BCUT2D eigenvalue weighted by Gasteiger charge is -2.13. The van der Waals surface area contributed by atoms with Crippen LogP contribution in [0.15, 0.2) is 30.5 Å². The minimum absolute atomic E-state index is 0.379. The van der Waals surface area contributed by atoms with Gasteiger partial charge in [0.05, 0.1) is 54.2 Å². The van der Waals surface area contributed by atoms with Crippen molar-refractivity contribution >= 4 is 17.5 Å². The van der Waals surface area contributed by atoms with Gasteiger partial charge in [0.2, 0.25) is 0 Å². The van der Waals surface area contributed by atoms with E-state index < -0.39 is 31.1 Å². The number of nitriles is 1. The van der Waals surface area contributed by atoms with Crippen LogP contribution in [0.2, 0.25) is 0 Å². The molecule has 4 N–H and O–H groups in total. The fourth-order valence-corrected chi connectivity index (χ4v) is 2.46. The number of carbonyl (C=O) groups is 2. The zero-order valence-corrected chi connectivity index (χ0v) is 14.8. The monoisotopic (exact) mass is 371 g/mol. The molecule has 0 unspecified atom stereocenters. The molecule has 0 radical (unpaired) electrons. The fraction of sp³-hybridized carbons (Fsp3) is 0.333. The van der Waals surface area contributed by atoms with Crippen LogP contribution in [-0.4, -0.2) is 51.1 Å². The summed E-state index contributed by atoms with van der Waals surface area (Å²) in [5, 5.41) is 36.0. The molecule has 0 bridgehead atoms. The van der Waals surface area contributed by atoms with Gasteiger partial charge in [-0.3, -0.25) is 9.59 Å². The first-order chi connectivity index (χ1) is 13.0. The lowest BCUT2D eigenvalue weighted by Crippen LogP contribution is -2.45. The van der Waals surface area contributed by atoms with Gasteiger partial charge in [0.1, 0.15) is 0 Å². The van der Waals surface area contributed by atoms with E-state index in [2.05, 4.69) is 21.8 Å². The summed E-state index contributed by atoms with van der Waals surface area (Å²) in [5.74, 6) is -1.89. The zero-order chi connectivity index (χ0) is 19.8. The van der Waals surface area contributed by atoms with Gasteiger partial charge in [0.25, 0.3) is 0 Å². The van der Waals surface area contributed by atoms with Gasteiger partial charge in [0.15, 0.2) is 0 Å². The summed E-state index contributed by atoms with van der Waals surface area (Å²) in [6.07, 6.45) is 2.80. The number of aromatic nitrogens is 2. The Balaban J connectivity index is 2.25. The number of aliphatic hydroxyl groups excluding tert-OH is 2. The van der Waals surface area contributed by atoms with E-state index in [1.807, 2.05) is 6.92 Å². The fourth-order valence-electron chi connectivity index (χ4n) is 2.46. The van der Waals surface area contributed by atoms with Crippen molar-refractivity contribution in [2.24, 2.45) is 0 Å². The molecule has 0 aliphatic rings. The van der Waals surface area contributed by atoms with Crippen LogP contribution in [0.5, 0.6) is 0 Å². The van der Waals surface area contributed by atoms with Crippen molar-refractivity contribution in [3.8, 4) is 11.8 Å². The quantitative estimate of drug-likeness (QED) is 0.509. The molecule has 1 heterocycles. The second-order valence-electron chi connectivity index (χ2n) is 5.82. The number of aliphatic hydroxyl groups is 2. The van der Waals surface area contributed by atoms with Crippen molar-refractivity contribution in [2.45, 2.75) is 25.8 Å². The molecule has 2 amide bonds. The summed E-state index contributed by atoms with van der Waals surface area (Å²) in [7, 11) is 0. The van der Waals surface area contributed by atoms with E-state index in [1.165, 1.54) is 6.20 Å². The second kappa shape index (κ2) is 9.47. The van der Waals surface area contributed by atoms with Crippen LogP contribution >= 0.6 is 0 Å². The maximum atomic E-state index is 12.1. The van der Waals surface area contributed by atoms with Gasteiger partial charge >= 0.3 is 11.8 Å². The number of carbonyl (C=O) groups excluding carboxylic acids is 2. The zero-order valence-electron chi connectivity index (χ0n) is 14.8. The number of rotatable bonds is 7. The van der Waals surface area contributed by atoms with E-state index in [0.717, 1.165) is 6.42 Å². The Morgan fingerprint density at radius 3 is 2.67 bits per heavy atom. The number of hydrogen-bond donors (Lipinski definition) is 4. The molecule has 1 aromatic heterocycles. The summed E-state index contributed by atoms with van der Waals surface area (Å²) >= 11 is 0. The highest BCUT2D eigenvalue weighted by atomic mass is 16.3. The SMILES string of the molecule is CCCc1c(NC(=O)C(=O)NC(CO)CO)cnn1-c1cccc(C#N)c1. The summed E-state index contributed by atoms with van der Waals surface area (Å²) in [4.78, 5) is 24.0. The molecular formula is C18H21N5O4. The summed E-state index contributed by atoms with van der Waals surface area (Å²) in [6, 6.07) is 8.04. The van der Waals surface area contributed by atoms with E-state index in [9.17, 15) is 9.59 Å². The van der Waals surface area contributed by atoms with Gasteiger partial charge in [-0.1, -0.05) is 19.4 Å². The Kier molecular flexibility index (Phi) is 7.05. The maximum Gasteiger partial charge on any atom is 0.313 e. The van der Waals surface area contributed by atoms with Crippen molar-refractivity contribution in [2.75, 3.05) is 18.5 Å². The Morgan fingerprint density at radius 1 is 1.30 bits per heavy atom. The van der Waals surface area contributed by atoms with Crippen LogP contribution in [0.1, 0.15) is 24.6 Å². The molecule has 0 spiro atoms. The first-order valence-corrected chi connectivity index (χ1v) is 8.45. The number of hydrogen-bond acceptors (Lipinski definition) is 6. The van der Waals surface area contributed by atoms with Crippen molar-refractivity contribution in [1.29, 1.82) is 5.26 Å². The normalized spacial score (nSPS) is 10.5. The standard InChI is InChI=1S/C18H21N5O4/c1-2-4-16-15(22-18(27)17(26)21-13(10-24)11-25)9-20-23(16)14-6-3-5-12(7-14)8-19/h3,5-7,9,13,24-25H,2,4,10-11H2,1H3,(H,21,26)(H,22,27). The molecule has 0 fully saturated rings. The van der Waals surface area contributed by atoms with Crippen molar-refractivity contribution < 1.29 is 19.8 Å². The van der Waals surface area contributed by atoms with Crippen LogP contribution in [0.3, 0.4) is 0 Å². The molecule has 9 heteroatoms. The molecule has 9 nitrogen and oxygen atoms in total. The molecule has 2 aromatic rings. The third kappa shape index (κ3) is 4.91. The third-order valence-corrected chi connectivity index (χ3v) is 3.81. The number of amides is 2. The number of benzene rings is 1. The first kappa shape index (κ1) is 20.1. The molecule has 0 saturated heterocycles. The highest BCUT2D eigenvalue weighted by molar-refractivity contribution is 6.39. The van der Waals surface area contributed by atoms with Crippen molar-refractivity contribution in [1.82, 2.24) is 15.1 Å². The molecule has 0 atom stereocenters. The lowest BCUT2D eigenvalue weighted by atomic mass is 10.2. The molecule has 2 rings (SSSR count). The van der Waals surface area contributed by atoms with Gasteiger partial charge in [0, 0.05) is 0 Å². The average Bonchev–Trinajstić information content (AvgIpc) is 3.08. The third-order valence-electron chi connectivity index (χ3n) is 3.81. The summed E-state index contributed by atoms with van der Waals surface area (Å²) in [6.45, 7) is 1.00. The van der Waals surface area contributed by atoms with Crippen molar-refractivity contribution in [3.05, 3.63) is 41.7 Å². The molecule has 27 heavy (non-hydrogen) atoms. The largest absolute Gasteiger partial charge is 0.394 e. The van der Waals surface area contributed by atoms with Crippen LogP contribution in [0.25, 0.3) is 5.69 Å². The van der Waals surface area contributed by atoms with Gasteiger partial charge < -0.3 is 20.8 Å². The van der Waals surface area contributed by atoms with E-state index in [-0.39, 0.29) is 0 Å². The van der Waals surface area contributed by atoms with Crippen LogP contribution in [0.4, 0.5) is 5.69 Å². The number of anilines is 1. The van der Waals surface area contributed by atoms with E-state index in [1.54, 1.807) is 28.9 Å². The minimum atomic E-state index is -0.968. The maximum absolute atomic E-state index is 12.1. The Labute approximate surface area is 156 Å². The van der Waals surface area contributed by atoms with E-state index >= 15 is 0 Å². The van der Waals surface area contributed by atoms with Gasteiger partial charge in [-0.05, 0) is 24.6 Å². The highest BCUT2D eigenvalue weighted by Gasteiger charge is 2.21. The second-order valence-corrected chi connectivity index (χ2v) is 5.82. The number of nitrogens with zero attached hydrogens (tertiary/aromatic N) is 3. The minimum Gasteiger partial charge on any atom is -0.394 e. The Bertz CT molecular complexity index is 852. The lowest BCUT2D eigenvalue weighted by molar-refractivity contribution is -0.137. The topological polar surface area (TPSA) is 140 Å². The van der Waals surface area contributed by atoms with Crippen LogP contribution in [0, 0.1) is 11.3 Å².